The van der Waals surface area contributed by atoms with Crippen LogP contribution in [0.25, 0.3) is 0 Å². The van der Waals surface area contributed by atoms with Crippen LogP contribution in [0.2, 0.25) is 5.02 Å². The molecule has 0 fully saturated rings. The van der Waals surface area contributed by atoms with Crippen molar-refractivity contribution in [1.82, 2.24) is 10.2 Å². The lowest BCUT2D eigenvalue weighted by molar-refractivity contribution is 0.170. The van der Waals surface area contributed by atoms with Crippen LogP contribution in [0.15, 0.2) is 66.7 Å². The summed E-state index contributed by atoms with van der Waals surface area (Å²) in [5.74, 6) is -0.147. The normalized spacial score (nSPS) is 16.6. The van der Waals surface area contributed by atoms with Gasteiger partial charge in [-0.05, 0) is 70.3 Å². The van der Waals surface area contributed by atoms with Gasteiger partial charge in [-0.25, -0.2) is 4.39 Å². The SMILES string of the molecule is CC(C)(C)c1ccc(CNCCN2Cc3ccc(F)cc3CC2Cc2ccc(Cl)cc2)cc1. The van der Waals surface area contributed by atoms with E-state index in [0.717, 1.165) is 49.6 Å². The zero-order valence-electron chi connectivity index (χ0n) is 19.9. The van der Waals surface area contributed by atoms with Gasteiger partial charge in [-0.1, -0.05) is 74.8 Å². The monoisotopic (exact) mass is 464 g/mol. The summed E-state index contributed by atoms with van der Waals surface area (Å²) < 4.78 is 13.9. The minimum atomic E-state index is -0.147. The molecule has 2 nitrogen and oxygen atoms in total. The first kappa shape index (κ1) is 23.9. The lowest BCUT2D eigenvalue weighted by atomic mass is 9.87. The van der Waals surface area contributed by atoms with Gasteiger partial charge in [0, 0.05) is 37.2 Å². The van der Waals surface area contributed by atoms with Crippen LogP contribution in [0.1, 0.15) is 48.6 Å². The van der Waals surface area contributed by atoms with Crippen molar-refractivity contribution < 1.29 is 4.39 Å². The zero-order valence-corrected chi connectivity index (χ0v) is 20.6. The van der Waals surface area contributed by atoms with Gasteiger partial charge >= 0.3 is 0 Å². The maximum absolute atomic E-state index is 13.9. The molecule has 0 amide bonds. The lowest BCUT2D eigenvalue weighted by Crippen LogP contribution is -2.44. The van der Waals surface area contributed by atoms with Crippen molar-refractivity contribution in [2.45, 2.75) is 58.2 Å². The van der Waals surface area contributed by atoms with E-state index < -0.39 is 0 Å². The molecule has 0 bridgehead atoms. The van der Waals surface area contributed by atoms with Crippen LogP contribution in [-0.2, 0) is 31.3 Å². The lowest BCUT2D eigenvalue weighted by Gasteiger charge is -2.37. The van der Waals surface area contributed by atoms with Crippen LogP contribution in [0.3, 0.4) is 0 Å². The van der Waals surface area contributed by atoms with E-state index >= 15 is 0 Å². The fourth-order valence-electron chi connectivity index (χ4n) is 4.60. The van der Waals surface area contributed by atoms with Crippen LogP contribution in [0, 0.1) is 5.82 Å². The van der Waals surface area contributed by atoms with Crippen LogP contribution in [-0.4, -0.2) is 24.0 Å². The molecule has 1 aliphatic rings. The molecular formula is C29H34ClFN2. The van der Waals surface area contributed by atoms with Crippen molar-refractivity contribution in [3.8, 4) is 0 Å². The topological polar surface area (TPSA) is 15.3 Å². The van der Waals surface area contributed by atoms with Crippen molar-refractivity contribution >= 4 is 11.6 Å². The van der Waals surface area contributed by atoms with Crippen molar-refractivity contribution in [1.29, 1.82) is 0 Å². The standard InChI is InChI=1S/C29H34ClFN2/c1-29(2,3)25-9-4-22(5-10-25)19-32-14-15-33-20-23-8-13-27(31)17-24(23)18-28(33)16-21-6-11-26(30)12-7-21/h4-13,17,28,32H,14-16,18-20H2,1-3H3. The molecule has 3 aromatic carbocycles. The number of rotatable bonds is 7. The summed E-state index contributed by atoms with van der Waals surface area (Å²) in [6.45, 7) is 10.3. The van der Waals surface area contributed by atoms with Gasteiger partial charge in [-0.15, -0.1) is 0 Å². The third-order valence-electron chi connectivity index (χ3n) is 6.62. The maximum Gasteiger partial charge on any atom is 0.123 e. The van der Waals surface area contributed by atoms with Crippen LogP contribution >= 0.6 is 11.6 Å². The van der Waals surface area contributed by atoms with Gasteiger partial charge in [0.15, 0.2) is 0 Å². The highest BCUT2D eigenvalue weighted by Crippen LogP contribution is 2.27. The predicted molar refractivity (Wildman–Crippen MR) is 136 cm³/mol. The van der Waals surface area contributed by atoms with Gasteiger partial charge in [-0.2, -0.15) is 0 Å². The molecule has 1 N–H and O–H groups in total. The van der Waals surface area contributed by atoms with Crippen molar-refractivity contribution in [3.63, 3.8) is 0 Å². The van der Waals surface area contributed by atoms with E-state index in [0.29, 0.717) is 6.04 Å². The Labute approximate surface area is 202 Å². The summed E-state index contributed by atoms with van der Waals surface area (Å²) >= 11 is 6.07. The van der Waals surface area contributed by atoms with Crippen molar-refractivity contribution in [2.24, 2.45) is 0 Å². The number of nitrogens with one attached hydrogen (secondary N) is 1. The average molecular weight is 465 g/mol. The Morgan fingerprint density at radius 1 is 0.939 bits per heavy atom. The number of fused-ring (bicyclic) bond motifs is 1. The van der Waals surface area contributed by atoms with E-state index in [4.69, 9.17) is 11.6 Å². The third-order valence-corrected chi connectivity index (χ3v) is 6.88. The molecule has 0 radical (unpaired) electrons. The molecule has 0 spiro atoms. The maximum atomic E-state index is 13.9. The summed E-state index contributed by atoms with van der Waals surface area (Å²) in [7, 11) is 0. The molecule has 33 heavy (non-hydrogen) atoms. The molecule has 0 saturated heterocycles. The smallest absolute Gasteiger partial charge is 0.123 e. The van der Waals surface area contributed by atoms with Crippen LogP contribution in [0.4, 0.5) is 4.39 Å². The van der Waals surface area contributed by atoms with Gasteiger partial charge in [0.2, 0.25) is 0 Å². The molecule has 0 aliphatic carbocycles. The molecular weight excluding hydrogens is 431 g/mol. The highest BCUT2D eigenvalue weighted by molar-refractivity contribution is 6.30. The van der Waals surface area contributed by atoms with Gasteiger partial charge in [0.05, 0.1) is 0 Å². The number of benzene rings is 3. The van der Waals surface area contributed by atoms with Gasteiger partial charge in [0.1, 0.15) is 5.82 Å². The molecule has 1 aliphatic heterocycles. The molecule has 3 aromatic rings. The highest BCUT2D eigenvalue weighted by Gasteiger charge is 2.26. The van der Waals surface area contributed by atoms with Crippen molar-refractivity contribution in [2.75, 3.05) is 13.1 Å². The van der Waals surface area contributed by atoms with E-state index in [-0.39, 0.29) is 11.2 Å². The first-order valence-corrected chi connectivity index (χ1v) is 12.2. The molecule has 1 unspecified atom stereocenters. The predicted octanol–water partition coefficient (Wildman–Crippen LogP) is 6.54. The highest BCUT2D eigenvalue weighted by atomic mass is 35.5. The van der Waals surface area contributed by atoms with Crippen LogP contribution < -0.4 is 5.32 Å². The Balaban J connectivity index is 1.38. The van der Waals surface area contributed by atoms with E-state index in [1.807, 2.05) is 18.2 Å². The Bertz CT molecular complexity index is 1050. The van der Waals surface area contributed by atoms with E-state index in [1.165, 1.54) is 22.3 Å². The van der Waals surface area contributed by atoms with Gasteiger partial charge < -0.3 is 5.32 Å². The zero-order chi connectivity index (χ0) is 23.4. The first-order valence-electron chi connectivity index (χ1n) is 11.8. The molecule has 4 rings (SSSR count). The molecule has 0 aromatic heterocycles. The quantitative estimate of drug-likeness (QED) is 0.399. The second-order valence-corrected chi connectivity index (χ2v) is 10.6. The molecule has 174 valence electrons. The summed E-state index contributed by atoms with van der Waals surface area (Å²) in [4.78, 5) is 2.53. The second kappa shape index (κ2) is 10.4. The van der Waals surface area contributed by atoms with Crippen LogP contribution in [0.5, 0.6) is 0 Å². The summed E-state index contributed by atoms with van der Waals surface area (Å²) in [5, 5.41) is 4.37. The fourth-order valence-corrected chi connectivity index (χ4v) is 4.73. The van der Waals surface area contributed by atoms with E-state index in [1.54, 1.807) is 12.1 Å². The number of hydrogen-bond acceptors (Lipinski definition) is 2. The van der Waals surface area contributed by atoms with Gasteiger partial charge in [0.25, 0.3) is 0 Å². The van der Waals surface area contributed by atoms with Crippen molar-refractivity contribution in [3.05, 3.63) is 105 Å². The average Bonchev–Trinajstić information content (AvgIpc) is 2.78. The summed E-state index contributed by atoms with van der Waals surface area (Å²) in [6, 6.07) is 22.6. The molecule has 4 heteroatoms. The Morgan fingerprint density at radius 2 is 1.64 bits per heavy atom. The number of hydrogen-bond donors (Lipinski definition) is 1. The number of nitrogens with zero attached hydrogens (tertiary/aromatic N) is 1. The minimum Gasteiger partial charge on any atom is -0.311 e. The first-order chi connectivity index (χ1) is 15.8. The van der Waals surface area contributed by atoms with E-state index in [2.05, 4.69) is 67.4 Å². The Hall–Kier alpha value is -2.20. The number of halogens is 2. The largest absolute Gasteiger partial charge is 0.311 e. The Kier molecular flexibility index (Phi) is 7.53. The molecule has 1 atom stereocenters. The second-order valence-electron chi connectivity index (χ2n) is 10.2. The summed E-state index contributed by atoms with van der Waals surface area (Å²) in [5.41, 5.74) is 6.48. The molecule has 0 saturated carbocycles. The minimum absolute atomic E-state index is 0.147. The third kappa shape index (κ3) is 6.44. The summed E-state index contributed by atoms with van der Waals surface area (Å²) in [6.07, 6.45) is 1.80. The fraction of sp³-hybridized carbons (Fsp3) is 0.379. The molecule has 1 heterocycles. The van der Waals surface area contributed by atoms with Gasteiger partial charge in [-0.3, -0.25) is 4.90 Å². The Morgan fingerprint density at radius 3 is 2.33 bits per heavy atom. The van der Waals surface area contributed by atoms with E-state index in [9.17, 15) is 4.39 Å².